The zero-order chi connectivity index (χ0) is 30.2. The van der Waals surface area contributed by atoms with Crippen molar-refractivity contribution in [1.29, 1.82) is 0 Å². The van der Waals surface area contributed by atoms with Crippen LogP contribution in [0.5, 0.6) is 0 Å². The Morgan fingerprint density at radius 1 is 0.780 bits per heavy atom. The van der Waals surface area contributed by atoms with Crippen LogP contribution in [0.3, 0.4) is 0 Å². The molecule has 204 valence electrons. The topological polar surface area (TPSA) is 81.2 Å². The summed E-state index contributed by atoms with van der Waals surface area (Å²) in [6, 6.07) is 2.38. The molecule has 5 atom stereocenters. The monoisotopic (exact) mass is 598 g/mol. The summed E-state index contributed by atoms with van der Waals surface area (Å²) in [5, 5.41) is 6.14. The lowest BCUT2D eigenvalue weighted by Gasteiger charge is -2.28. The van der Waals surface area contributed by atoms with E-state index in [2.05, 4.69) is 129 Å². The molecule has 0 aromatic heterocycles. The highest BCUT2D eigenvalue weighted by atomic mass is 32.5. The van der Waals surface area contributed by atoms with Gasteiger partial charge in [0.1, 0.15) is 12.2 Å². The molecule has 2 unspecified atom stereocenters. The fourth-order valence-corrected chi connectivity index (χ4v) is 4.32. The van der Waals surface area contributed by atoms with Gasteiger partial charge in [0.2, 0.25) is 0 Å². The molecule has 1 fully saturated rings. The highest BCUT2D eigenvalue weighted by Gasteiger charge is 2.47. The van der Waals surface area contributed by atoms with Gasteiger partial charge in [-0.05, 0) is 84.7 Å². The fraction of sp³-hybridized carbons (Fsp3) is 0.323. The summed E-state index contributed by atoms with van der Waals surface area (Å²) in [4.78, 5) is 10.1. The maximum atomic E-state index is 10.1. The molecular formula is C31H23N2O5PS2. The lowest BCUT2D eigenvalue weighted by molar-refractivity contribution is -0.0206. The van der Waals surface area contributed by atoms with Crippen LogP contribution in [0.4, 0.5) is 0 Å². The molecule has 0 spiro atoms. The second-order valence-corrected chi connectivity index (χ2v) is 10.5. The molecule has 41 heavy (non-hydrogen) atoms. The van der Waals surface area contributed by atoms with Crippen molar-refractivity contribution in [3.63, 3.8) is 0 Å². The maximum absolute atomic E-state index is 10.1. The van der Waals surface area contributed by atoms with Crippen molar-refractivity contribution < 1.29 is 23.4 Å². The average Bonchev–Trinajstić information content (AvgIpc) is 3.26. The number of thiocarbonyl (C=S) groups is 1. The minimum atomic E-state index is -3.41. The molecule has 0 amide bonds. The van der Waals surface area contributed by atoms with E-state index >= 15 is 0 Å². The van der Waals surface area contributed by atoms with Crippen molar-refractivity contribution in [3.05, 3.63) is 0 Å². The molecular weight excluding hydrogens is 575 g/mol. The van der Waals surface area contributed by atoms with Crippen LogP contribution in [-0.2, 0) is 30.3 Å². The highest BCUT2D eigenvalue weighted by molar-refractivity contribution is 8.07. The summed E-state index contributed by atoms with van der Waals surface area (Å²) in [5.74, 6) is 48.0. The van der Waals surface area contributed by atoms with Crippen LogP contribution in [-0.4, -0.2) is 56.2 Å². The molecule has 10 heteroatoms. The number of rotatable bonds is 7. The Morgan fingerprint density at radius 2 is 1.24 bits per heavy atom. The van der Waals surface area contributed by atoms with E-state index < -0.39 is 18.9 Å². The number of hydrogen-bond acceptors (Lipinski definition) is 6. The van der Waals surface area contributed by atoms with Gasteiger partial charge in [-0.3, -0.25) is 5.32 Å². The molecule has 0 aromatic rings. The van der Waals surface area contributed by atoms with Gasteiger partial charge in [0.15, 0.2) is 5.11 Å². The second kappa shape index (κ2) is 21.5. The van der Waals surface area contributed by atoms with Gasteiger partial charge in [-0.1, -0.05) is 5.92 Å². The molecule has 1 aliphatic rings. The highest BCUT2D eigenvalue weighted by Crippen LogP contribution is 2.48. The summed E-state index contributed by atoms with van der Waals surface area (Å²) in [6.07, 6.45) is -0.426. The lowest BCUT2D eigenvalue weighted by Crippen LogP contribution is -2.47. The van der Waals surface area contributed by atoms with Crippen molar-refractivity contribution >= 4 is 35.9 Å². The summed E-state index contributed by atoms with van der Waals surface area (Å²) < 4.78 is 21.5. The third kappa shape index (κ3) is 15.8. The minimum absolute atomic E-state index is 0.107. The molecule has 1 saturated carbocycles. The van der Waals surface area contributed by atoms with Crippen LogP contribution in [0.2, 0.25) is 0 Å². The third-order valence-corrected chi connectivity index (χ3v) is 6.52. The van der Waals surface area contributed by atoms with Crippen molar-refractivity contribution in [1.82, 2.24) is 10.6 Å². The first-order valence-electron chi connectivity index (χ1n) is 11.5. The summed E-state index contributed by atoms with van der Waals surface area (Å²) >= 11 is 10.3. The van der Waals surface area contributed by atoms with Crippen LogP contribution >= 0.6 is 18.9 Å². The average molecular weight is 599 g/mol. The first-order chi connectivity index (χ1) is 19.9. The van der Waals surface area contributed by atoms with Crippen LogP contribution < -0.4 is 10.6 Å². The normalized spacial score (nSPS) is 18.2. The van der Waals surface area contributed by atoms with E-state index in [1.807, 2.05) is 0 Å². The Kier molecular flexibility index (Phi) is 18.3. The van der Waals surface area contributed by atoms with Crippen LogP contribution in [0.15, 0.2) is 0 Å². The van der Waals surface area contributed by atoms with E-state index in [1.165, 1.54) is 14.2 Å². The Bertz CT molecular complexity index is 1660. The van der Waals surface area contributed by atoms with E-state index in [0.29, 0.717) is 13.0 Å². The third-order valence-electron chi connectivity index (χ3n) is 4.62. The van der Waals surface area contributed by atoms with Crippen LogP contribution in [0, 0.1) is 124 Å². The Labute approximate surface area is 253 Å². The Morgan fingerprint density at radius 3 is 1.66 bits per heavy atom. The zero-order valence-electron chi connectivity index (χ0n) is 22.6. The first-order valence-corrected chi connectivity index (χ1v) is 14.4. The second-order valence-electron chi connectivity index (χ2n) is 7.20. The molecule has 0 aromatic carbocycles. The molecule has 0 radical (unpaired) electrons. The predicted octanol–water partition coefficient (Wildman–Crippen LogP) is 0.760. The van der Waals surface area contributed by atoms with Crippen molar-refractivity contribution in [2.24, 2.45) is 5.92 Å². The lowest BCUT2D eigenvalue weighted by atomic mass is 10.1. The fourth-order valence-electron chi connectivity index (χ4n) is 3.14. The van der Waals surface area contributed by atoms with E-state index in [9.17, 15) is 4.89 Å². The number of methoxy groups -OCH3 is 2. The largest absolute Gasteiger partial charge is 0.384 e. The molecule has 1 aliphatic carbocycles. The quantitative estimate of drug-likeness (QED) is 0.170. The standard InChI is InChI=1S/C31H23N2O5PS2/c1-5-6-7-8-9-10-11-12-13-14-15-16-17-18-19-20-21-22-23-24-32-31(40)33-28-25-27(26-35-2)29(30(28)36-3)38-39(34,41)37-4/h27-30H,25-26H2,1-4H3,(H,34,41)(H2,32,33,40)/t27-,28+,29?,30-,39?/m1/s1. The number of ether oxygens (including phenoxy) is 2. The van der Waals surface area contributed by atoms with Crippen molar-refractivity contribution in [2.75, 3.05) is 27.9 Å². The van der Waals surface area contributed by atoms with E-state index in [0.717, 1.165) is 0 Å². The van der Waals surface area contributed by atoms with Gasteiger partial charge in [-0.25, -0.2) is 0 Å². The first kappa shape index (κ1) is 34.8. The van der Waals surface area contributed by atoms with Gasteiger partial charge >= 0.3 is 6.72 Å². The SMILES string of the molecule is CC#CC#CC#CC#CC#CC#CC#CC#CC#CC#CNC(=S)N[C@H]1C[C@H](COC)C(OP(O)(=S)OC)[C@@H]1OC. The zero-order valence-corrected chi connectivity index (χ0v) is 25.1. The molecule has 7 nitrogen and oxygen atoms in total. The molecule has 0 heterocycles. The molecule has 0 bridgehead atoms. The van der Waals surface area contributed by atoms with Crippen LogP contribution in [0.25, 0.3) is 0 Å². The summed E-state index contributed by atoms with van der Waals surface area (Å²) in [5.41, 5.74) is 0. The molecule has 1 rings (SSSR count). The minimum Gasteiger partial charge on any atom is -0.384 e. The van der Waals surface area contributed by atoms with Gasteiger partial charge in [0.05, 0.1) is 12.6 Å². The summed E-state index contributed by atoms with van der Waals surface area (Å²) in [6.45, 7) is -1.34. The van der Waals surface area contributed by atoms with E-state index in [4.69, 9.17) is 42.5 Å². The van der Waals surface area contributed by atoms with Gasteiger partial charge in [0.25, 0.3) is 0 Å². The van der Waals surface area contributed by atoms with Gasteiger partial charge in [-0.2, -0.15) is 0 Å². The smallest absolute Gasteiger partial charge is 0.324 e. The van der Waals surface area contributed by atoms with Gasteiger partial charge in [-0.15, -0.1) is 0 Å². The Balaban J connectivity index is 2.57. The summed E-state index contributed by atoms with van der Waals surface area (Å²) in [7, 11) is 4.41. The van der Waals surface area contributed by atoms with Gasteiger partial charge in [0, 0.05) is 92.5 Å². The number of hydrogen-bond donors (Lipinski definition) is 3. The van der Waals surface area contributed by atoms with Crippen molar-refractivity contribution in [2.45, 2.75) is 31.6 Å². The predicted molar refractivity (Wildman–Crippen MR) is 165 cm³/mol. The molecule has 0 saturated heterocycles. The van der Waals surface area contributed by atoms with E-state index in [-0.39, 0.29) is 17.1 Å². The molecule has 0 aliphatic heterocycles. The van der Waals surface area contributed by atoms with Gasteiger partial charge < -0.3 is 28.7 Å². The number of nitrogens with one attached hydrogen (secondary N) is 2. The maximum Gasteiger partial charge on any atom is 0.324 e. The van der Waals surface area contributed by atoms with Crippen LogP contribution in [0.1, 0.15) is 13.3 Å². The van der Waals surface area contributed by atoms with E-state index in [1.54, 1.807) is 14.0 Å². The Hall–Kier alpha value is -4.26. The molecule has 3 N–H and O–H groups in total. The van der Waals surface area contributed by atoms with Crippen molar-refractivity contribution in [3.8, 4) is 119 Å².